The average Bonchev–Trinajstić information content (AvgIpc) is 3.92. The number of aromatic nitrogens is 2. The van der Waals surface area contributed by atoms with Gasteiger partial charge in [-0.05, 0) is 131 Å². The first-order chi connectivity index (χ1) is 33.8. The van der Waals surface area contributed by atoms with Crippen LogP contribution in [0.5, 0.6) is 0 Å². The van der Waals surface area contributed by atoms with Crippen LogP contribution in [-0.4, -0.2) is 9.13 Å². The molecule has 0 aliphatic rings. The van der Waals surface area contributed by atoms with E-state index in [1.165, 1.54) is 0 Å². The average molecular weight is 877 g/mol. The highest BCUT2D eigenvalue weighted by molar-refractivity contribution is 6.13. The summed E-state index contributed by atoms with van der Waals surface area (Å²) in [6.45, 7) is 25.4. The predicted molar refractivity (Wildman–Crippen MR) is 275 cm³/mol. The largest absolute Gasteiger partial charge is 0.309 e. The lowest BCUT2D eigenvalue weighted by atomic mass is 9.92. The van der Waals surface area contributed by atoms with Gasteiger partial charge in [-0.1, -0.05) is 91.0 Å². The Morgan fingerprint density at radius 2 is 0.855 bits per heavy atom. The second kappa shape index (κ2) is 16.5. The van der Waals surface area contributed by atoms with Gasteiger partial charge in [0.1, 0.15) is 0 Å². The molecule has 9 aromatic carbocycles. The quantitative estimate of drug-likeness (QED) is 0.156. The van der Waals surface area contributed by atoms with Crippen LogP contribution >= 0.6 is 0 Å². The van der Waals surface area contributed by atoms with Gasteiger partial charge in [-0.2, -0.15) is 15.8 Å². The molecule has 0 bridgehead atoms. The molecule has 0 amide bonds. The minimum atomic E-state index is 0.399. The minimum Gasteiger partial charge on any atom is -0.309 e. The SMILES string of the molecule is [C-]#[N+]c1ccc(-c2ccc3c(c2)c2ccccc2n3-c2ccc(-c3ccc(C#N)cc3C)cc2-c2ccc(C#N)cc2-n2c3ccccc3c3cc(-c4ccc(C#N)cc4[N+]#[C-])ccc32)c([N+]#[C-])c1. The van der Waals surface area contributed by atoms with Crippen molar-refractivity contribution in [3.63, 3.8) is 0 Å². The highest BCUT2D eigenvalue weighted by Crippen LogP contribution is 2.45. The summed E-state index contributed by atoms with van der Waals surface area (Å²) in [5.74, 6) is 0. The first kappa shape index (κ1) is 41.2. The Morgan fingerprint density at radius 1 is 0.377 bits per heavy atom. The van der Waals surface area contributed by atoms with E-state index in [-0.39, 0.29) is 0 Å². The van der Waals surface area contributed by atoms with Crippen LogP contribution < -0.4 is 0 Å². The molecule has 0 atom stereocenters. The minimum absolute atomic E-state index is 0.399. The standard InChI is InChI=1S/C61H32N8/c1-37-27-38(34-62)13-20-45(37)41-16-24-59(68-56-11-7-5-9-48(56)51-32-43(17-25-58(51)68)47-23-19-44(65-2)33-55(47)67-4)53(30-41)50-22-15-40(36-64)29-61(50)69-57-12-8-6-10-49(57)52-31-42(18-26-60(52)69)46-21-14-39(35-63)28-54(46)66-3/h5-33H,1H3. The van der Waals surface area contributed by atoms with E-state index in [1.54, 1.807) is 24.3 Å². The van der Waals surface area contributed by atoms with E-state index in [0.29, 0.717) is 33.8 Å². The molecule has 0 radical (unpaired) electrons. The molecular weight excluding hydrogens is 845 g/mol. The molecule has 2 aromatic heterocycles. The molecule has 11 aromatic rings. The molecule has 11 rings (SSSR count). The zero-order valence-electron chi connectivity index (χ0n) is 36.8. The third kappa shape index (κ3) is 6.71. The number of hydrogen-bond acceptors (Lipinski definition) is 3. The lowest BCUT2D eigenvalue weighted by molar-refractivity contribution is 1.16. The molecule has 2 heterocycles. The van der Waals surface area contributed by atoms with Crippen LogP contribution in [-0.2, 0) is 0 Å². The van der Waals surface area contributed by atoms with Crippen molar-refractivity contribution < 1.29 is 0 Å². The number of para-hydroxylation sites is 2. The van der Waals surface area contributed by atoms with Gasteiger partial charge in [0.15, 0.2) is 17.1 Å². The molecule has 0 saturated heterocycles. The van der Waals surface area contributed by atoms with Gasteiger partial charge in [0.2, 0.25) is 0 Å². The van der Waals surface area contributed by atoms with Crippen LogP contribution in [0.25, 0.3) is 114 Å². The van der Waals surface area contributed by atoms with Crippen LogP contribution in [0.3, 0.4) is 0 Å². The molecule has 0 spiro atoms. The maximum Gasteiger partial charge on any atom is 0.196 e. The third-order valence-electron chi connectivity index (χ3n) is 13.0. The van der Waals surface area contributed by atoms with Crippen molar-refractivity contribution in [1.29, 1.82) is 15.8 Å². The van der Waals surface area contributed by atoms with Gasteiger partial charge in [0.25, 0.3) is 0 Å². The zero-order chi connectivity index (χ0) is 47.3. The zero-order valence-corrected chi connectivity index (χ0v) is 36.8. The van der Waals surface area contributed by atoms with Crippen molar-refractivity contribution in [3.05, 3.63) is 232 Å². The summed E-state index contributed by atoms with van der Waals surface area (Å²) in [5, 5.41) is 33.8. The van der Waals surface area contributed by atoms with Gasteiger partial charge in [-0.3, -0.25) is 0 Å². The van der Waals surface area contributed by atoms with E-state index in [4.69, 9.17) is 19.7 Å². The van der Waals surface area contributed by atoms with Crippen molar-refractivity contribution in [3.8, 4) is 74.1 Å². The normalized spacial score (nSPS) is 10.9. The molecule has 8 nitrogen and oxygen atoms in total. The van der Waals surface area contributed by atoms with Gasteiger partial charge >= 0.3 is 0 Å². The van der Waals surface area contributed by atoms with E-state index in [1.807, 2.05) is 91.9 Å². The fourth-order valence-corrected chi connectivity index (χ4v) is 9.85. The first-order valence-electron chi connectivity index (χ1n) is 21.9. The Balaban J connectivity index is 1.20. The Bertz CT molecular complexity index is 4290. The highest BCUT2D eigenvalue weighted by Gasteiger charge is 2.23. The Labute approximate surface area is 397 Å². The summed E-state index contributed by atoms with van der Waals surface area (Å²) in [6, 6.07) is 64.2. The molecule has 0 saturated carbocycles. The van der Waals surface area contributed by atoms with Crippen molar-refractivity contribution in [1.82, 2.24) is 9.13 Å². The molecule has 0 aliphatic heterocycles. The van der Waals surface area contributed by atoms with Crippen LogP contribution in [0.15, 0.2) is 176 Å². The Kier molecular flexibility index (Phi) is 9.86. The molecule has 69 heavy (non-hydrogen) atoms. The Hall–Kier alpha value is -10.5. The summed E-state index contributed by atoms with van der Waals surface area (Å²) in [7, 11) is 0. The number of aryl methyl sites for hydroxylation is 1. The fraction of sp³-hybridized carbons (Fsp3) is 0.0164. The number of rotatable bonds is 6. The lowest BCUT2D eigenvalue weighted by Crippen LogP contribution is -2.03. The highest BCUT2D eigenvalue weighted by atomic mass is 15.0. The maximum atomic E-state index is 10.5. The third-order valence-corrected chi connectivity index (χ3v) is 13.0. The van der Waals surface area contributed by atoms with Crippen molar-refractivity contribution in [2.24, 2.45) is 0 Å². The van der Waals surface area contributed by atoms with Crippen molar-refractivity contribution in [2.45, 2.75) is 6.92 Å². The van der Waals surface area contributed by atoms with Crippen LogP contribution in [0, 0.1) is 60.6 Å². The molecule has 0 N–H and O–H groups in total. The smallest absolute Gasteiger partial charge is 0.196 e. The molecular formula is C61H32N8. The summed E-state index contributed by atoms with van der Waals surface area (Å²) < 4.78 is 4.50. The predicted octanol–water partition coefficient (Wildman–Crippen LogP) is 16.1. The number of nitrogens with zero attached hydrogens (tertiary/aromatic N) is 8. The van der Waals surface area contributed by atoms with E-state index in [9.17, 15) is 15.8 Å². The summed E-state index contributed by atoms with van der Waals surface area (Å²) in [4.78, 5) is 11.1. The van der Waals surface area contributed by atoms with Crippen molar-refractivity contribution in [2.75, 3.05) is 0 Å². The van der Waals surface area contributed by atoms with Gasteiger partial charge in [0, 0.05) is 38.2 Å². The molecule has 316 valence electrons. The number of hydrogen-bond donors (Lipinski definition) is 0. The van der Waals surface area contributed by atoms with E-state index in [2.05, 4.69) is 109 Å². The first-order valence-corrected chi connectivity index (χ1v) is 21.9. The lowest BCUT2D eigenvalue weighted by Gasteiger charge is -2.20. The molecule has 8 heteroatoms. The van der Waals surface area contributed by atoms with E-state index in [0.717, 1.165) is 105 Å². The van der Waals surface area contributed by atoms with Gasteiger partial charge < -0.3 is 9.13 Å². The van der Waals surface area contributed by atoms with Crippen molar-refractivity contribution >= 4 is 60.7 Å². The molecule has 0 aliphatic carbocycles. The summed E-state index contributed by atoms with van der Waals surface area (Å²) >= 11 is 0. The van der Waals surface area contributed by atoms with E-state index < -0.39 is 0 Å². The summed E-state index contributed by atoms with van der Waals surface area (Å²) in [6.07, 6.45) is 0. The molecule has 0 fully saturated rings. The number of fused-ring (bicyclic) bond motifs is 6. The number of benzene rings is 9. The van der Waals surface area contributed by atoms with Crippen LogP contribution in [0.2, 0.25) is 0 Å². The van der Waals surface area contributed by atoms with Crippen LogP contribution in [0.4, 0.5) is 17.1 Å². The number of nitriles is 3. The maximum absolute atomic E-state index is 10.5. The monoisotopic (exact) mass is 876 g/mol. The Morgan fingerprint density at radius 3 is 1.43 bits per heavy atom. The van der Waals surface area contributed by atoms with Gasteiger partial charge in [-0.15, -0.1) is 0 Å². The van der Waals surface area contributed by atoms with Crippen LogP contribution in [0.1, 0.15) is 22.3 Å². The molecule has 0 unspecified atom stereocenters. The van der Waals surface area contributed by atoms with E-state index >= 15 is 0 Å². The van der Waals surface area contributed by atoms with Gasteiger partial charge in [-0.25, -0.2) is 14.5 Å². The van der Waals surface area contributed by atoms with Gasteiger partial charge in [0.05, 0.1) is 82.5 Å². The fourth-order valence-electron chi connectivity index (χ4n) is 9.85. The second-order valence-corrected chi connectivity index (χ2v) is 16.8. The summed E-state index contributed by atoms with van der Waals surface area (Å²) in [5.41, 5.74) is 16.0. The second-order valence-electron chi connectivity index (χ2n) is 16.8. The topological polar surface area (TPSA) is 94.3 Å².